The second-order valence-corrected chi connectivity index (χ2v) is 24.1. The third-order valence-corrected chi connectivity index (χ3v) is 16.2. The molecule has 0 unspecified atom stereocenters. The van der Waals surface area contributed by atoms with Gasteiger partial charge < -0.3 is 0 Å². The number of anilines is 4. The molecule has 0 aliphatic carbocycles. The van der Waals surface area contributed by atoms with Gasteiger partial charge in [-0.15, -0.1) is 6.07 Å². The number of aromatic nitrogens is 3. The number of pyridine rings is 1. The van der Waals surface area contributed by atoms with Crippen molar-refractivity contribution in [2.45, 2.75) is 78.6 Å². The molecule has 0 spiro atoms. The number of ether oxygens (including phenoxy) is 1. The first-order valence-electron chi connectivity index (χ1n) is 25.6. The molecule has 10 aromatic rings. The first-order chi connectivity index (χ1) is 35.5. The quantitative estimate of drug-likeness (QED) is 0.123. The molecule has 0 saturated heterocycles. The number of rotatable bonds is 6. The fourth-order valence-corrected chi connectivity index (χ4v) is 12.4. The van der Waals surface area contributed by atoms with Crippen LogP contribution in [0.25, 0.3) is 66.9 Å². The molecule has 5 heterocycles. The van der Waals surface area contributed by atoms with Crippen molar-refractivity contribution in [2.75, 3.05) is 9.62 Å². The fraction of sp³-hybridized carbons (Fsp3) is 0.182. The van der Waals surface area contributed by atoms with Crippen LogP contribution in [0, 0.1) is 15.9 Å². The minimum absolute atomic E-state index is 0.0629. The van der Waals surface area contributed by atoms with E-state index in [-0.39, 0.29) is 23.2 Å². The van der Waals surface area contributed by atoms with Gasteiger partial charge >= 0.3 is 377 Å². The van der Waals surface area contributed by atoms with E-state index >= 15 is 0 Å². The van der Waals surface area contributed by atoms with E-state index in [1.54, 1.807) is 0 Å². The van der Waals surface area contributed by atoms with E-state index in [4.69, 9.17) is 9.72 Å². The van der Waals surface area contributed by atoms with Crippen LogP contribution >= 0.6 is 0 Å². The molecule has 0 saturated carbocycles. The van der Waals surface area contributed by atoms with Crippen LogP contribution in [0.2, 0.25) is 0 Å². The summed E-state index contributed by atoms with van der Waals surface area (Å²) >= 11 is 2.54. The third-order valence-electron chi connectivity index (χ3n) is 15.2. The van der Waals surface area contributed by atoms with Gasteiger partial charge in [0.2, 0.25) is 0 Å². The summed E-state index contributed by atoms with van der Waals surface area (Å²) in [5.41, 5.74) is 21.9. The topological polar surface area (TPSA) is 38.5 Å². The second kappa shape index (κ2) is 16.8. The van der Waals surface area contributed by atoms with E-state index in [0.29, 0.717) is 11.6 Å². The number of imidazole rings is 1. The molecule has 0 amide bonds. The monoisotopic (exact) mass is 1140 g/mol. The van der Waals surface area contributed by atoms with Gasteiger partial charge in [-0.2, -0.15) is 12.1 Å². The molecule has 6 nitrogen and oxygen atoms in total. The number of nitrogens with zero attached hydrogens (tertiary/aromatic N) is 5. The normalized spacial score (nSPS) is 13.5. The maximum atomic E-state index is 6.83. The molecule has 0 radical (unpaired) electrons. The zero-order valence-corrected chi connectivity index (χ0v) is 45.6. The minimum atomic E-state index is -0.118. The SMILES string of the molecule is CC(C)(C)c1cc(-c2cc(C(C)(C)C)cc(-c3ccccc3)c2-n2[c](=[Pt])n(-c3[c-]c(Oc4ccc5c(n4)N4B6c7c(cccc7-5)-c5ccccc5N6c5ccc[c-]c54)ccc3)c3ccccc32)cc(C(C)(C)C)c1. The van der Waals surface area contributed by atoms with E-state index in [9.17, 15) is 0 Å². The summed E-state index contributed by atoms with van der Waals surface area (Å²) in [5, 5.41) is 0. The standard InChI is InChI=1S/C66H56BN5O.Pt/c1-64(2,3)44-35-43(36-45(37-44)65(4,5)6)54-39-46(66(7,8)9)38-53(42-21-11-10-12-22-42)62(54)70-41-69(56-29-15-16-30-57(56)70)47-23-19-24-48(40-47)73-60-34-33-52-51-27-20-26-50-49-25-13-14-28-55(49)71-58-31-17-18-32-59(58)72(63(52)68-60)67(71)61(50)51;/h10-31,33-39H,1-9H3;/q-2;. The van der Waals surface area contributed by atoms with Crippen molar-refractivity contribution >= 4 is 46.4 Å². The zero-order valence-electron chi connectivity index (χ0n) is 43.3. The molecule has 0 N–H and O–H groups in total. The van der Waals surface area contributed by atoms with Crippen molar-refractivity contribution in [3.05, 3.63) is 209 Å². The Morgan fingerprint density at radius 2 is 1.09 bits per heavy atom. The molecular weight excluding hydrogens is 1080 g/mol. The fourth-order valence-electron chi connectivity index (χ4n) is 11.3. The number of fused-ring (bicyclic) bond motifs is 10. The summed E-state index contributed by atoms with van der Waals surface area (Å²) in [6.07, 6.45) is 0. The van der Waals surface area contributed by atoms with E-state index in [2.05, 4.69) is 270 Å². The molecule has 3 aliphatic heterocycles. The van der Waals surface area contributed by atoms with E-state index in [1.807, 2.05) is 18.2 Å². The summed E-state index contributed by atoms with van der Waals surface area (Å²) in [7, 11) is 0. The predicted octanol–water partition coefficient (Wildman–Crippen LogP) is 16.2. The van der Waals surface area contributed by atoms with Gasteiger partial charge in [0, 0.05) is 11.3 Å². The molecule has 0 atom stereocenters. The molecule has 8 heteroatoms. The molecule has 74 heavy (non-hydrogen) atoms. The van der Waals surface area contributed by atoms with Crippen LogP contribution in [0.5, 0.6) is 11.6 Å². The summed E-state index contributed by atoms with van der Waals surface area (Å²) < 4.78 is 12.6. The third kappa shape index (κ3) is 7.33. The first kappa shape index (κ1) is 46.3. The Morgan fingerprint density at radius 1 is 0.500 bits per heavy atom. The van der Waals surface area contributed by atoms with E-state index < -0.39 is 0 Å². The van der Waals surface area contributed by atoms with Gasteiger partial charge in [0.15, 0.2) is 0 Å². The van der Waals surface area contributed by atoms with Crippen LogP contribution in [-0.2, 0) is 35.6 Å². The summed E-state index contributed by atoms with van der Waals surface area (Å²) in [5.74, 6) is 1.91. The van der Waals surface area contributed by atoms with Crippen molar-refractivity contribution in [2.24, 2.45) is 0 Å². The van der Waals surface area contributed by atoms with Crippen LogP contribution in [0.4, 0.5) is 22.9 Å². The summed E-state index contributed by atoms with van der Waals surface area (Å²) in [4.78, 5) is 10.2. The van der Waals surface area contributed by atoms with Crippen molar-refractivity contribution in [1.29, 1.82) is 0 Å². The Balaban J connectivity index is 0.972. The molecule has 8 aromatic carbocycles. The predicted molar refractivity (Wildman–Crippen MR) is 302 cm³/mol. The Kier molecular flexibility index (Phi) is 10.5. The average Bonchev–Trinajstić information content (AvgIpc) is 3.90. The van der Waals surface area contributed by atoms with Crippen LogP contribution in [0.15, 0.2) is 176 Å². The van der Waals surface area contributed by atoms with Gasteiger partial charge in [-0.25, -0.2) is 0 Å². The van der Waals surface area contributed by atoms with Crippen molar-refractivity contribution in [3.8, 4) is 67.5 Å². The summed E-state index contributed by atoms with van der Waals surface area (Å²) in [6, 6.07) is 71.1. The van der Waals surface area contributed by atoms with Crippen LogP contribution in [0.3, 0.4) is 0 Å². The zero-order chi connectivity index (χ0) is 51.0. The van der Waals surface area contributed by atoms with E-state index in [1.165, 1.54) is 61.2 Å². The molecule has 0 bridgehead atoms. The molecule has 13 rings (SSSR count). The summed E-state index contributed by atoms with van der Waals surface area (Å²) in [6.45, 7) is 20.8. The molecule has 366 valence electrons. The van der Waals surface area contributed by atoms with Crippen molar-refractivity contribution in [1.82, 2.24) is 14.1 Å². The molecular formula is C66H56BN5OPt-2. The maximum absolute atomic E-state index is 6.83. The molecule has 0 fully saturated rings. The Labute approximate surface area is 446 Å². The van der Waals surface area contributed by atoms with E-state index in [0.717, 1.165) is 54.5 Å². The molecule has 3 aliphatic rings. The average molecular weight is 1140 g/mol. The van der Waals surface area contributed by atoms with Crippen molar-refractivity contribution in [3.63, 3.8) is 0 Å². The van der Waals surface area contributed by atoms with Gasteiger partial charge in [-0.1, -0.05) is 30.3 Å². The number of benzene rings is 8. The number of para-hydroxylation sites is 4. The van der Waals surface area contributed by atoms with Crippen LogP contribution in [-0.4, -0.2) is 21.1 Å². The van der Waals surface area contributed by atoms with Gasteiger partial charge in [-0.05, 0) is 11.6 Å². The van der Waals surface area contributed by atoms with Crippen LogP contribution in [0.1, 0.15) is 79.0 Å². The van der Waals surface area contributed by atoms with Gasteiger partial charge in [0.25, 0.3) is 0 Å². The number of hydrogen-bond acceptors (Lipinski definition) is 4. The Morgan fingerprint density at radius 3 is 1.81 bits per heavy atom. The first-order valence-corrected chi connectivity index (χ1v) is 26.8. The van der Waals surface area contributed by atoms with Gasteiger partial charge in [0.1, 0.15) is 0 Å². The molecule has 2 aromatic heterocycles. The van der Waals surface area contributed by atoms with Gasteiger partial charge in [-0.3, -0.25) is 0 Å². The van der Waals surface area contributed by atoms with Gasteiger partial charge in [0.05, 0.1) is 0 Å². The Bertz CT molecular complexity index is 3970. The van der Waals surface area contributed by atoms with Crippen LogP contribution < -0.4 is 19.8 Å². The van der Waals surface area contributed by atoms with Crippen molar-refractivity contribution < 1.29 is 24.1 Å². The number of hydrogen-bond donors (Lipinski definition) is 0. The second-order valence-electron chi connectivity index (χ2n) is 23.1. The Hall–Kier alpha value is -7.47.